The second-order valence-electron chi connectivity index (χ2n) is 4.75. The van der Waals surface area contributed by atoms with E-state index in [1.165, 1.54) is 16.7 Å². The van der Waals surface area contributed by atoms with Crippen LogP contribution in [0, 0.1) is 18.8 Å². The van der Waals surface area contributed by atoms with Crippen LogP contribution in [0.25, 0.3) is 0 Å². The van der Waals surface area contributed by atoms with Crippen LogP contribution >= 0.6 is 0 Å². The van der Waals surface area contributed by atoms with Gasteiger partial charge in [0.1, 0.15) is 0 Å². The van der Waals surface area contributed by atoms with E-state index in [4.69, 9.17) is 0 Å². The van der Waals surface area contributed by atoms with Crippen LogP contribution in [0.1, 0.15) is 22.3 Å². The fourth-order valence-electron chi connectivity index (χ4n) is 2.31. The molecule has 17 heavy (non-hydrogen) atoms. The lowest BCUT2D eigenvalue weighted by atomic mass is 9.93. The lowest BCUT2D eigenvalue weighted by Gasteiger charge is -2.26. The Bertz CT molecular complexity index is 466. The van der Waals surface area contributed by atoms with Crippen LogP contribution < -0.4 is 5.32 Å². The van der Waals surface area contributed by atoms with Crippen LogP contribution in [0.5, 0.6) is 0 Å². The summed E-state index contributed by atoms with van der Waals surface area (Å²) in [4.78, 5) is 2.38. The highest BCUT2D eigenvalue weighted by molar-refractivity contribution is 5.46. The van der Waals surface area contributed by atoms with Crippen molar-refractivity contribution in [1.29, 1.82) is 0 Å². The molecule has 2 nitrogen and oxygen atoms in total. The summed E-state index contributed by atoms with van der Waals surface area (Å²) in [5, 5.41) is 3.04. The van der Waals surface area contributed by atoms with Gasteiger partial charge >= 0.3 is 0 Å². The summed E-state index contributed by atoms with van der Waals surface area (Å²) in [5.74, 6) is 6.34. The Kier molecular flexibility index (Phi) is 3.83. The zero-order valence-electron chi connectivity index (χ0n) is 10.9. The maximum Gasteiger partial charge on any atom is 0.0577 e. The quantitative estimate of drug-likeness (QED) is 0.734. The maximum absolute atomic E-state index is 3.22. The molecule has 1 heterocycles. The zero-order chi connectivity index (χ0) is 12.3. The first-order valence-corrected chi connectivity index (χ1v) is 6.15. The molecule has 1 aromatic carbocycles. The average Bonchev–Trinajstić information content (AvgIpc) is 2.31. The fraction of sp³-hybridized carbons (Fsp3) is 0.467. The molecule has 0 atom stereocenters. The van der Waals surface area contributed by atoms with E-state index >= 15 is 0 Å². The third-order valence-electron chi connectivity index (χ3n) is 3.25. The SMILES string of the molecule is CNCC#Cc1cc(C)c2c(c1)CCN(C)C2. The number of rotatable bonds is 1. The van der Waals surface area contributed by atoms with Crippen LogP contribution in [-0.2, 0) is 13.0 Å². The van der Waals surface area contributed by atoms with Crippen LogP contribution in [0.4, 0.5) is 0 Å². The number of nitrogens with zero attached hydrogens (tertiary/aromatic N) is 1. The molecule has 0 aromatic heterocycles. The van der Waals surface area contributed by atoms with Crippen LogP contribution in [0.2, 0.25) is 0 Å². The highest BCUT2D eigenvalue weighted by Crippen LogP contribution is 2.23. The van der Waals surface area contributed by atoms with Gasteiger partial charge in [-0.2, -0.15) is 0 Å². The first-order valence-electron chi connectivity index (χ1n) is 6.15. The lowest BCUT2D eigenvalue weighted by molar-refractivity contribution is 0.312. The molecule has 2 rings (SSSR count). The summed E-state index contributed by atoms with van der Waals surface area (Å²) in [6.45, 7) is 5.17. The molecule has 1 aliphatic rings. The number of benzene rings is 1. The molecule has 90 valence electrons. The van der Waals surface area contributed by atoms with Gasteiger partial charge in [0.15, 0.2) is 0 Å². The molecule has 1 aromatic rings. The molecule has 1 N–H and O–H groups in total. The highest BCUT2D eigenvalue weighted by atomic mass is 15.1. The molecule has 2 heteroatoms. The number of hydrogen-bond donors (Lipinski definition) is 1. The van der Waals surface area contributed by atoms with E-state index in [-0.39, 0.29) is 0 Å². The molecule has 0 radical (unpaired) electrons. The molecular weight excluding hydrogens is 208 g/mol. The summed E-state index contributed by atoms with van der Waals surface area (Å²) < 4.78 is 0. The lowest BCUT2D eigenvalue weighted by Crippen LogP contribution is -2.27. The van der Waals surface area contributed by atoms with E-state index in [0.717, 1.165) is 31.6 Å². The van der Waals surface area contributed by atoms with Gasteiger partial charge in [-0.25, -0.2) is 0 Å². The minimum absolute atomic E-state index is 0.749. The molecule has 0 spiro atoms. The second kappa shape index (κ2) is 5.35. The van der Waals surface area contributed by atoms with Gasteiger partial charge in [0.25, 0.3) is 0 Å². The molecule has 0 aliphatic carbocycles. The number of fused-ring (bicyclic) bond motifs is 1. The van der Waals surface area contributed by atoms with E-state index in [1.807, 2.05) is 7.05 Å². The van der Waals surface area contributed by atoms with Crippen LogP contribution in [0.15, 0.2) is 12.1 Å². The van der Waals surface area contributed by atoms with Gasteiger partial charge in [-0.05, 0) is 56.3 Å². The highest BCUT2D eigenvalue weighted by Gasteiger charge is 2.15. The molecule has 0 saturated heterocycles. The summed E-state index contributed by atoms with van der Waals surface area (Å²) in [6.07, 6.45) is 1.15. The molecule has 0 bridgehead atoms. The molecule has 0 unspecified atom stereocenters. The summed E-state index contributed by atoms with van der Waals surface area (Å²) in [5.41, 5.74) is 5.51. The molecule has 1 aliphatic heterocycles. The van der Waals surface area contributed by atoms with Crippen molar-refractivity contribution < 1.29 is 0 Å². The normalized spacial score (nSPS) is 15.0. The van der Waals surface area contributed by atoms with E-state index in [9.17, 15) is 0 Å². The molecule has 0 amide bonds. The minimum Gasteiger partial charge on any atom is -0.309 e. The average molecular weight is 228 g/mol. The van der Waals surface area contributed by atoms with Crippen molar-refractivity contribution >= 4 is 0 Å². The first kappa shape index (κ1) is 12.2. The Balaban J connectivity index is 2.29. The Morgan fingerprint density at radius 1 is 1.41 bits per heavy atom. The Hall–Kier alpha value is -1.30. The van der Waals surface area contributed by atoms with Gasteiger partial charge in [-0.3, -0.25) is 0 Å². The largest absolute Gasteiger partial charge is 0.309 e. The maximum atomic E-state index is 3.22. The van der Waals surface area contributed by atoms with Crippen molar-refractivity contribution in [3.63, 3.8) is 0 Å². The van der Waals surface area contributed by atoms with E-state index < -0.39 is 0 Å². The summed E-state index contributed by atoms with van der Waals surface area (Å²) in [7, 11) is 4.10. The standard InChI is InChI=1S/C15H20N2/c1-12-9-13(5-4-7-16-2)10-14-6-8-17(3)11-15(12)14/h9-10,16H,6-8,11H2,1-3H3. The van der Waals surface area contributed by atoms with E-state index in [2.05, 4.69) is 48.2 Å². The number of aryl methyl sites for hydroxylation is 1. The third-order valence-corrected chi connectivity index (χ3v) is 3.25. The van der Waals surface area contributed by atoms with Crippen molar-refractivity contribution in [2.75, 3.05) is 27.2 Å². The van der Waals surface area contributed by atoms with Gasteiger partial charge in [0, 0.05) is 18.7 Å². The second-order valence-corrected chi connectivity index (χ2v) is 4.75. The topological polar surface area (TPSA) is 15.3 Å². The zero-order valence-corrected chi connectivity index (χ0v) is 10.9. The smallest absolute Gasteiger partial charge is 0.0577 e. The Morgan fingerprint density at radius 2 is 2.24 bits per heavy atom. The summed E-state index contributed by atoms with van der Waals surface area (Å²) in [6, 6.07) is 4.47. The number of hydrogen-bond acceptors (Lipinski definition) is 2. The number of likely N-dealkylation sites (N-methyl/N-ethyl adjacent to an activating group) is 1. The minimum atomic E-state index is 0.749. The Morgan fingerprint density at radius 3 is 3.00 bits per heavy atom. The van der Waals surface area contributed by atoms with Crippen molar-refractivity contribution in [3.05, 3.63) is 34.4 Å². The predicted octanol–water partition coefficient (Wildman–Crippen LogP) is 1.55. The van der Waals surface area contributed by atoms with Crippen molar-refractivity contribution in [1.82, 2.24) is 10.2 Å². The predicted molar refractivity (Wildman–Crippen MR) is 72.0 cm³/mol. The van der Waals surface area contributed by atoms with Gasteiger partial charge < -0.3 is 10.2 Å². The Labute approximate surface area is 104 Å². The van der Waals surface area contributed by atoms with E-state index in [0.29, 0.717) is 0 Å². The van der Waals surface area contributed by atoms with E-state index in [1.54, 1.807) is 0 Å². The van der Waals surface area contributed by atoms with Gasteiger partial charge in [0.05, 0.1) is 6.54 Å². The van der Waals surface area contributed by atoms with Gasteiger partial charge in [-0.15, -0.1) is 0 Å². The molecule has 0 fully saturated rings. The monoisotopic (exact) mass is 228 g/mol. The fourth-order valence-corrected chi connectivity index (χ4v) is 2.31. The third kappa shape index (κ3) is 2.88. The van der Waals surface area contributed by atoms with Crippen LogP contribution in [-0.4, -0.2) is 32.1 Å². The van der Waals surface area contributed by atoms with Crippen molar-refractivity contribution in [3.8, 4) is 11.8 Å². The summed E-state index contributed by atoms with van der Waals surface area (Å²) >= 11 is 0. The number of nitrogens with one attached hydrogen (secondary N) is 1. The molecular formula is C15H20N2. The van der Waals surface area contributed by atoms with Crippen LogP contribution in [0.3, 0.4) is 0 Å². The molecule has 0 saturated carbocycles. The van der Waals surface area contributed by atoms with Crippen molar-refractivity contribution in [2.24, 2.45) is 0 Å². The van der Waals surface area contributed by atoms with Gasteiger partial charge in [-0.1, -0.05) is 11.8 Å². The van der Waals surface area contributed by atoms with Crippen molar-refractivity contribution in [2.45, 2.75) is 19.9 Å². The first-order chi connectivity index (χ1) is 8.20. The van der Waals surface area contributed by atoms with Gasteiger partial charge in [0.2, 0.25) is 0 Å².